The van der Waals surface area contributed by atoms with Crippen LogP contribution in [0.5, 0.6) is 11.5 Å². The Morgan fingerprint density at radius 2 is 2.13 bits per heavy atom. The molecule has 0 aliphatic carbocycles. The summed E-state index contributed by atoms with van der Waals surface area (Å²) in [5.74, 6) is 2.17. The highest BCUT2D eigenvalue weighted by Gasteiger charge is 2.33. The standard InChI is InChI=1S/C11H12BrNO2/c12-8-1-2-9-10(5-8)15-11(14-9)7-3-4-13-6-7/h1-2,5,7,11,13H,3-4,6H2. The van der Waals surface area contributed by atoms with Gasteiger partial charge in [-0.25, -0.2) is 0 Å². The highest BCUT2D eigenvalue weighted by atomic mass is 79.9. The number of hydrogen-bond acceptors (Lipinski definition) is 3. The van der Waals surface area contributed by atoms with E-state index in [0.717, 1.165) is 35.5 Å². The number of ether oxygens (including phenoxy) is 2. The molecule has 15 heavy (non-hydrogen) atoms. The summed E-state index contributed by atoms with van der Waals surface area (Å²) < 4.78 is 12.6. The van der Waals surface area contributed by atoms with Crippen molar-refractivity contribution in [2.75, 3.05) is 13.1 Å². The minimum Gasteiger partial charge on any atom is -0.451 e. The monoisotopic (exact) mass is 269 g/mol. The zero-order chi connectivity index (χ0) is 10.3. The molecule has 1 saturated heterocycles. The van der Waals surface area contributed by atoms with Crippen molar-refractivity contribution in [3.8, 4) is 11.5 Å². The molecule has 0 bridgehead atoms. The van der Waals surface area contributed by atoms with Gasteiger partial charge < -0.3 is 14.8 Å². The molecule has 0 spiro atoms. The number of benzene rings is 1. The van der Waals surface area contributed by atoms with Crippen LogP contribution >= 0.6 is 15.9 Å². The summed E-state index contributed by atoms with van der Waals surface area (Å²) in [6.45, 7) is 2.05. The first-order chi connectivity index (χ1) is 7.33. The van der Waals surface area contributed by atoms with Gasteiger partial charge in [-0.15, -0.1) is 0 Å². The Morgan fingerprint density at radius 1 is 1.27 bits per heavy atom. The molecule has 0 amide bonds. The molecule has 1 aromatic carbocycles. The first-order valence-corrected chi connectivity index (χ1v) is 5.96. The lowest BCUT2D eigenvalue weighted by Gasteiger charge is -2.15. The fraction of sp³-hybridized carbons (Fsp3) is 0.455. The van der Waals surface area contributed by atoms with Gasteiger partial charge in [-0.05, 0) is 31.2 Å². The summed E-state index contributed by atoms with van der Waals surface area (Å²) in [5.41, 5.74) is 0. The molecule has 2 heterocycles. The van der Waals surface area contributed by atoms with Crippen LogP contribution in [0.1, 0.15) is 6.42 Å². The predicted octanol–water partition coefficient (Wildman–Crippen LogP) is 2.16. The number of rotatable bonds is 1. The second-order valence-corrected chi connectivity index (χ2v) is 4.86. The van der Waals surface area contributed by atoms with E-state index in [2.05, 4.69) is 21.2 Å². The van der Waals surface area contributed by atoms with Crippen LogP contribution in [-0.4, -0.2) is 19.4 Å². The van der Waals surface area contributed by atoms with Crippen molar-refractivity contribution in [3.05, 3.63) is 22.7 Å². The molecule has 0 aromatic heterocycles. The first-order valence-electron chi connectivity index (χ1n) is 5.16. The van der Waals surface area contributed by atoms with Gasteiger partial charge in [0.2, 0.25) is 6.29 Å². The third-order valence-electron chi connectivity index (χ3n) is 2.88. The summed E-state index contributed by atoms with van der Waals surface area (Å²) in [6.07, 6.45) is 1.02. The molecule has 2 unspecified atom stereocenters. The van der Waals surface area contributed by atoms with Crippen molar-refractivity contribution < 1.29 is 9.47 Å². The molecule has 3 rings (SSSR count). The van der Waals surface area contributed by atoms with Gasteiger partial charge in [-0.1, -0.05) is 15.9 Å². The molecule has 80 valence electrons. The van der Waals surface area contributed by atoms with E-state index in [9.17, 15) is 0 Å². The normalized spacial score (nSPS) is 28.3. The first kappa shape index (κ1) is 9.48. The molecule has 0 radical (unpaired) electrons. The molecule has 1 aromatic rings. The number of halogens is 1. The van der Waals surface area contributed by atoms with Gasteiger partial charge >= 0.3 is 0 Å². The van der Waals surface area contributed by atoms with Crippen LogP contribution in [0.25, 0.3) is 0 Å². The second kappa shape index (κ2) is 3.68. The maximum atomic E-state index is 5.78. The zero-order valence-corrected chi connectivity index (χ0v) is 9.79. The van der Waals surface area contributed by atoms with E-state index < -0.39 is 0 Å². The van der Waals surface area contributed by atoms with Crippen LogP contribution in [0.2, 0.25) is 0 Å². The third-order valence-corrected chi connectivity index (χ3v) is 3.37. The maximum Gasteiger partial charge on any atom is 0.245 e. The van der Waals surface area contributed by atoms with E-state index >= 15 is 0 Å². The van der Waals surface area contributed by atoms with Gasteiger partial charge in [0.25, 0.3) is 0 Å². The fourth-order valence-corrected chi connectivity index (χ4v) is 2.39. The number of nitrogens with one attached hydrogen (secondary N) is 1. The van der Waals surface area contributed by atoms with Crippen LogP contribution in [0.15, 0.2) is 22.7 Å². The van der Waals surface area contributed by atoms with Gasteiger partial charge in [0.1, 0.15) is 0 Å². The van der Waals surface area contributed by atoms with Gasteiger partial charge in [0.15, 0.2) is 11.5 Å². The molecule has 3 nitrogen and oxygen atoms in total. The third kappa shape index (κ3) is 1.72. The predicted molar refractivity (Wildman–Crippen MR) is 60.2 cm³/mol. The molecule has 1 N–H and O–H groups in total. The molecule has 2 aliphatic rings. The van der Waals surface area contributed by atoms with E-state index in [0.29, 0.717) is 5.92 Å². The molecule has 2 aliphatic heterocycles. The van der Waals surface area contributed by atoms with Crippen molar-refractivity contribution in [2.45, 2.75) is 12.7 Å². The smallest absolute Gasteiger partial charge is 0.245 e. The number of fused-ring (bicyclic) bond motifs is 1. The van der Waals surface area contributed by atoms with E-state index in [4.69, 9.17) is 9.47 Å². The Balaban J connectivity index is 1.79. The van der Waals surface area contributed by atoms with E-state index in [1.807, 2.05) is 18.2 Å². The number of hydrogen-bond donors (Lipinski definition) is 1. The highest BCUT2D eigenvalue weighted by molar-refractivity contribution is 9.10. The van der Waals surface area contributed by atoms with Crippen molar-refractivity contribution in [3.63, 3.8) is 0 Å². The van der Waals surface area contributed by atoms with E-state index in [1.165, 1.54) is 0 Å². The average Bonchev–Trinajstić information content (AvgIpc) is 2.84. The summed E-state index contributed by atoms with van der Waals surface area (Å²) >= 11 is 3.42. The summed E-state index contributed by atoms with van der Waals surface area (Å²) in [7, 11) is 0. The minimum absolute atomic E-state index is 0.107. The zero-order valence-electron chi connectivity index (χ0n) is 8.20. The average molecular weight is 270 g/mol. The van der Waals surface area contributed by atoms with Crippen molar-refractivity contribution in [2.24, 2.45) is 5.92 Å². The molecule has 0 saturated carbocycles. The Hall–Kier alpha value is -0.740. The van der Waals surface area contributed by atoms with Crippen LogP contribution in [-0.2, 0) is 0 Å². The molecular weight excluding hydrogens is 258 g/mol. The second-order valence-electron chi connectivity index (χ2n) is 3.95. The minimum atomic E-state index is -0.107. The van der Waals surface area contributed by atoms with Gasteiger partial charge in [0.05, 0.1) is 0 Å². The molecule has 2 atom stereocenters. The highest BCUT2D eigenvalue weighted by Crippen LogP contribution is 2.39. The fourth-order valence-electron chi connectivity index (χ4n) is 2.05. The van der Waals surface area contributed by atoms with E-state index in [1.54, 1.807) is 0 Å². The van der Waals surface area contributed by atoms with Crippen molar-refractivity contribution in [1.29, 1.82) is 0 Å². The van der Waals surface area contributed by atoms with Gasteiger partial charge in [-0.2, -0.15) is 0 Å². The Labute approximate surface area is 96.9 Å². The van der Waals surface area contributed by atoms with Crippen LogP contribution in [0.4, 0.5) is 0 Å². The molecule has 4 heteroatoms. The molecular formula is C11H12BrNO2. The maximum absolute atomic E-state index is 5.78. The van der Waals surface area contributed by atoms with Crippen LogP contribution in [0.3, 0.4) is 0 Å². The topological polar surface area (TPSA) is 30.5 Å². The quantitative estimate of drug-likeness (QED) is 0.848. The summed E-state index contributed by atoms with van der Waals surface area (Å²) in [6, 6.07) is 5.87. The van der Waals surface area contributed by atoms with Gasteiger partial charge in [-0.3, -0.25) is 0 Å². The summed E-state index contributed by atoms with van der Waals surface area (Å²) in [4.78, 5) is 0. The van der Waals surface area contributed by atoms with Gasteiger partial charge in [0, 0.05) is 16.9 Å². The Kier molecular flexibility index (Phi) is 2.33. The lowest BCUT2D eigenvalue weighted by Crippen LogP contribution is -2.30. The van der Waals surface area contributed by atoms with Crippen molar-refractivity contribution in [1.82, 2.24) is 5.32 Å². The molecule has 1 fully saturated rings. The summed E-state index contributed by atoms with van der Waals surface area (Å²) in [5, 5.41) is 3.32. The largest absolute Gasteiger partial charge is 0.451 e. The van der Waals surface area contributed by atoms with Crippen LogP contribution < -0.4 is 14.8 Å². The Morgan fingerprint density at radius 3 is 2.93 bits per heavy atom. The van der Waals surface area contributed by atoms with Crippen LogP contribution in [0, 0.1) is 5.92 Å². The van der Waals surface area contributed by atoms with Crippen molar-refractivity contribution >= 4 is 15.9 Å². The lowest BCUT2D eigenvalue weighted by molar-refractivity contribution is 0.00318. The SMILES string of the molecule is Brc1ccc2c(c1)OC(C1CCNC1)O2. The van der Waals surface area contributed by atoms with E-state index in [-0.39, 0.29) is 6.29 Å². The Bertz CT molecular complexity index is 377. The lowest BCUT2D eigenvalue weighted by atomic mass is 10.1.